The maximum Gasteiger partial charge on any atom is 0.261 e. The van der Waals surface area contributed by atoms with Crippen molar-refractivity contribution in [3.63, 3.8) is 0 Å². The monoisotopic (exact) mass is 252 g/mol. The van der Waals surface area contributed by atoms with E-state index in [1.165, 1.54) is 17.8 Å². The molecular formula is C12H13FN2OS. The summed E-state index contributed by atoms with van der Waals surface area (Å²) in [6.45, 7) is 4.02. The van der Waals surface area contributed by atoms with Gasteiger partial charge in [0.15, 0.2) is 0 Å². The molecule has 2 aromatic rings. The van der Waals surface area contributed by atoms with E-state index < -0.39 is 0 Å². The largest absolute Gasteiger partial charge is 0.436 e. The highest BCUT2D eigenvalue weighted by molar-refractivity contribution is 7.99. The normalized spacial score (nSPS) is 10.8. The molecule has 1 aromatic heterocycles. The van der Waals surface area contributed by atoms with Crippen LogP contribution in [0, 0.1) is 19.7 Å². The van der Waals surface area contributed by atoms with E-state index in [0.29, 0.717) is 16.7 Å². The van der Waals surface area contributed by atoms with Gasteiger partial charge in [0.1, 0.15) is 11.6 Å². The molecule has 0 fully saturated rings. The van der Waals surface area contributed by atoms with Gasteiger partial charge >= 0.3 is 0 Å². The summed E-state index contributed by atoms with van der Waals surface area (Å²) in [5.74, 6) is 0.456. The SMILES string of the molecule is Cc1nc(Sc2ccc(CN)cc2F)oc1C. The third-order valence-corrected chi connectivity index (χ3v) is 3.34. The van der Waals surface area contributed by atoms with E-state index in [1.54, 1.807) is 12.1 Å². The highest BCUT2D eigenvalue weighted by Crippen LogP contribution is 2.30. The first-order valence-electron chi connectivity index (χ1n) is 5.20. The molecule has 0 atom stereocenters. The predicted octanol–water partition coefficient (Wildman–Crippen LogP) is 3.04. The number of nitrogens with two attached hydrogens (primary N) is 1. The lowest BCUT2D eigenvalue weighted by molar-refractivity contribution is 0.430. The minimum Gasteiger partial charge on any atom is -0.436 e. The maximum atomic E-state index is 13.7. The van der Waals surface area contributed by atoms with Crippen LogP contribution in [-0.2, 0) is 6.54 Å². The van der Waals surface area contributed by atoms with E-state index in [1.807, 2.05) is 13.8 Å². The first-order valence-corrected chi connectivity index (χ1v) is 6.02. The number of oxazole rings is 1. The molecule has 0 radical (unpaired) electrons. The topological polar surface area (TPSA) is 52.0 Å². The Morgan fingerprint density at radius 3 is 2.71 bits per heavy atom. The van der Waals surface area contributed by atoms with Crippen LogP contribution >= 0.6 is 11.8 Å². The Hall–Kier alpha value is -1.33. The van der Waals surface area contributed by atoms with E-state index in [4.69, 9.17) is 10.2 Å². The van der Waals surface area contributed by atoms with E-state index in [9.17, 15) is 4.39 Å². The van der Waals surface area contributed by atoms with Crippen LogP contribution in [0.1, 0.15) is 17.0 Å². The third-order valence-electron chi connectivity index (χ3n) is 2.44. The Bertz CT molecular complexity index is 520. The lowest BCUT2D eigenvalue weighted by Crippen LogP contribution is -1.96. The van der Waals surface area contributed by atoms with Gasteiger partial charge in [-0.3, -0.25) is 0 Å². The average molecular weight is 252 g/mol. The van der Waals surface area contributed by atoms with Crippen molar-refractivity contribution < 1.29 is 8.81 Å². The summed E-state index contributed by atoms with van der Waals surface area (Å²) in [6, 6.07) is 4.93. The van der Waals surface area contributed by atoms with Gasteiger partial charge in [0.25, 0.3) is 5.22 Å². The minimum absolute atomic E-state index is 0.300. The number of hydrogen-bond donors (Lipinski definition) is 1. The summed E-state index contributed by atoms with van der Waals surface area (Å²) in [5.41, 5.74) is 7.04. The molecule has 17 heavy (non-hydrogen) atoms. The van der Waals surface area contributed by atoms with Crippen molar-refractivity contribution in [2.75, 3.05) is 0 Å². The summed E-state index contributed by atoms with van der Waals surface area (Å²) in [5, 5.41) is 0.458. The molecule has 90 valence electrons. The number of nitrogens with zero attached hydrogens (tertiary/aromatic N) is 1. The molecule has 0 saturated carbocycles. The van der Waals surface area contributed by atoms with Crippen LogP contribution in [-0.4, -0.2) is 4.98 Å². The number of halogens is 1. The van der Waals surface area contributed by atoms with Crippen LogP contribution < -0.4 is 5.73 Å². The van der Waals surface area contributed by atoms with Crippen LogP contribution in [0.25, 0.3) is 0 Å². The molecule has 0 bridgehead atoms. The van der Waals surface area contributed by atoms with Crippen LogP contribution in [0.15, 0.2) is 32.7 Å². The summed E-state index contributed by atoms with van der Waals surface area (Å²) in [6.07, 6.45) is 0. The van der Waals surface area contributed by atoms with Crippen molar-refractivity contribution in [1.82, 2.24) is 4.98 Å². The molecule has 5 heteroatoms. The zero-order valence-electron chi connectivity index (χ0n) is 9.66. The molecule has 0 amide bonds. The van der Waals surface area contributed by atoms with E-state index in [-0.39, 0.29) is 5.82 Å². The molecule has 0 aliphatic heterocycles. The molecule has 1 heterocycles. The summed E-state index contributed by atoms with van der Waals surface area (Å²) >= 11 is 1.17. The zero-order chi connectivity index (χ0) is 12.4. The first-order chi connectivity index (χ1) is 8.10. The highest BCUT2D eigenvalue weighted by Gasteiger charge is 2.11. The van der Waals surface area contributed by atoms with Crippen molar-refractivity contribution in [2.45, 2.75) is 30.5 Å². The van der Waals surface area contributed by atoms with Crippen molar-refractivity contribution >= 4 is 11.8 Å². The molecule has 0 saturated heterocycles. The molecule has 3 nitrogen and oxygen atoms in total. The van der Waals surface area contributed by atoms with Gasteiger partial charge in [-0.1, -0.05) is 6.07 Å². The molecule has 0 aliphatic rings. The first kappa shape index (κ1) is 12.1. The molecule has 2 rings (SSSR count). The molecule has 1 aromatic carbocycles. The number of aromatic nitrogens is 1. The van der Waals surface area contributed by atoms with Gasteiger partial charge in [0.2, 0.25) is 0 Å². The van der Waals surface area contributed by atoms with Crippen LogP contribution in [0.4, 0.5) is 4.39 Å². The van der Waals surface area contributed by atoms with Gasteiger partial charge < -0.3 is 10.2 Å². The van der Waals surface area contributed by atoms with Crippen molar-refractivity contribution in [1.29, 1.82) is 0 Å². The van der Waals surface area contributed by atoms with Gasteiger partial charge in [-0.25, -0.2) is 9.37 Å². The smallest absolute Gasteiger partial charge is 0.261 e. The second kappa shape index (κ2) is 4.89. The Morgan fingerprint density at radius 1 is 1.41 bits per heavy atom. The third kappa shape index (κ3) is 2.68. The van der Waals surface area contributed by atoms with Crippen LogP contribution in [0.2, 0.25) is 0 Å². The Morgan fingerprint density at radius 2 is 2.18 bits per heavy atom. The van der Waals surface area contributed by atoms with Gasteiger partial charge in [0, 0.05) is 6.54 Å². The molecular weight excluding hydrogens is 239 g/mol. The van der Waals surface area contributed by atoms with Crippen LogP contribution in [0.3, 0.4) is 0 Å². The van der Waals surface area contributed by atoms with Crippen molar-refractivity contribution in [3.05, 3.63) is 41.0 Å². The molecule has 2 N–H and O–H groups in total. The van der Waals surface area contributed by atoms with Gasteiger partial charge in [-0.15, -0.1) is 0 Å². The number of aryl methyl sites for hydroxylation is 2. The summed E-state index contributed by atoms with van der Waals surface area (Å²) in [4.78, 5) is 4.68. The number of benzene rings is 1. The van der Waals surface area contributed by atoms with E-state index in [0.717, 1.165) is 17.0 Å². The summed E-state index contributed by atoms with van der Waals surface area (Å²) < 4.78 is 19.1. The van der Waals surface area contributed by atoms with Gasteiger partial charge in [0.05, 0.1) is 10.6 Å². The standard InChI is InChI=1S/C12H13FN2OS/c1-7-8(2)16-12(15-7)17-11-4-3-9(6-14)5-10(11)13/h3-5H,6,14H2,1-2H3. The second-order valence-electron chi connectivity index (χ2n) is 3.69. The van der Waals surface area contributed by atoms with E-state index in [2.05, 4.69) is 4.98 Å². The second-order valence-corrected chi connectivity index (χ2v) is 4.69. The Labute approximate surface area is 103 Å². The van der Waals surface area contributed by atoms with Gasteiger partial charge in [-0.05, 0) is 43.3 Å². The van der Waals surface area contributed by atoms with E-state index >= 15 is 0 Å². The molecule has 0 spiro atoms. The maximum absolute atomic E-state index is 13.7. The van der Waals surface area contributed by atoms with Crippen molar-refractivity contribution in [3.8, 4) is 0 Å². The molecule has 0 aliphatic carbocycles. The zero-order valence-corrected chi connectivity index (χ0v) is 10.5. The molecule has 0 unspecified atom stereocenters. The lowest BCUT2D eigenvalue weighted by Gasteiger charge is -2.01. The predicted molar refractivity (Wildman–Crippen MR) is 64.4 cm³/mol. The Balaban J connectivity index is 2.24. The van der Waals surface area contributed by atoms with Crippen LogP contribution in [0.5, 0.6) is 0 Å². The summed E-state index contributed by atoms with van der Waals surface area (Å²) in [7, 11) is 0. The Kier molecular flexibility index (Phi) is 3.49. The van der Waals surface area contributed by atoms with Crippen molar-refractivity contribution in [2.24, 2.45) is 5.73 Å². The fourth-order valence-corrected chi connectivity index (χ4v) is 2.16. The number of rotatable bonds is 3. The quantitative estimate of drug-likeness (QED) is 0.912. The highest BCUT2D eigenvalue weighted by atomic mass is 32.2. The fourth-order valence-electron chi connectivity index (χ4n) is 1.34. The van der Waals surface area contributed by atoms with Gasteiger partial charge in [-0.2, -0.15) is 0 Å². The minimum atomic E-state index is -0.300. The fraction of sp³-hybridized carbons (Fsp3) is 0.250. The number of hydrogen-bond acceptors (Lipinski definition) is 4. The lowest BCUT2D eigenvalue weighted by atomic mass is 10.2. The average Bonchev–Trinajstić information content (AvgIpc) is 2.61.